The highest BCUT2D eigenvalue weighted by atomic mass is 16.5. The van der Waals surface area contributed by atoms with Gasteiger partial charge in [-0.2, -0.15) is 0 Å². The van der Waals surface area contributed by atoms with Crippen molar-refractivity contribution in [2.75, 3.05) is 40.9 Å². The van der Waals surface area contributed by atoms with E-state index in [9.17, 15) is 0 Å². The molecule has 0 saturated carbocycles. The van der Waals surface area contributed by atoms with Crippen LogP contribution in [0.25, 0.3) is 0 Å². The average Bonchev–Trinajstić information content (AvgIpc) is 2.81. The van der Waals surface area contributed by atoms with E-state index in [2.05, 4.69) is 44.8 Å². The molecule has 0 amide bonds. The van der Waals surface area contributed by atoms with Gasteiger partial charge in [0.2, 0.25) is 0 Å². The first-order valence-electron chi connectivity index (χ1n) is 10.6. The third-order valence-electron chi connectivity index (χ3n) is 5.67. The number of methoxy groups -OCH3 is 2. The van der Waals surface area contributed by atoms with Crippen molar-refractivity contribution >= 4 is 5.96 Å². The van der Waals surface area contributed by atoms with Gasteiger partial charge in [0, 0.05) is 26.7 Å². The van der Waals surface area contributed by atoms with Gasteiger partial charge in [0.1, 0.15) is 11.5 Å². The van der Waals surface area contributed by atoms with E-state index in [0.717, 1.165) is 50.2 Å². The number of piperidine rings is 1. The number of hydrogen-bond acceptors (Lipinski definition) is 4. The highest BCUT2D eigenvalue weighted by molar-refractivity contribution is 5.79. The maximum atomic E-state index is 5.24. The molecule has 0 aromatic heterocycles. The van der Waals surface area contributed by atoms with E-state index >= 15 is 0 Å². The van der Waals surface area contributed by atoms with Crippen molar-refractivity contribution in [1.82, 2.24) is 15.5 Å². The molecule has 0 bridgehead atoms. The standard InChI is InChI=1S/C24H34N4O2/c1-25-24(26-16-19-4-8-22(29-2)9-5-19)27-17-20-12-14-28(15-13-20)18-21-6-10-23(30-3)11-7-21/h4-11,20H,12-18H2,1-3H3,(H2,25,26,27). The summed E-state index contributed by atoms with van der Waals surface area (Å²) in [5, 5.41) is 6.88. The van der Waals surface area contributed by atoms with Gasteiger partial charge in [-0.1, -0.05) is 24.3 Å². The largest absolute Gasteiger partial charge is 0.497 e. The molecule has 2 N–H and O–H groups in total. The highest BCUT2D eigenvalue weighted by Crippen LogP contribution is 2.19. The summed E-state index contributed by atoms with van der Waals surface area (Å²) in [5.41, 5.74) is 2.54. The number of benzene rings is 2. The lowest BCUT2D eigenvalue weighted by atomic mass is 9.96. The summed E-state index contributed by atoms with van der Waals surface area (Å²) in [6.45, 7) is 4.98. The third kappa shape index (κ3) is 6.66. The summed E-state index contributed by atoms with van der Waals surface area (Å²) in [7, 11) is 5.21. The third-order valence-corrected chi connectivity index (χ3v) is 5.67. The lowest BCUT2D eigenvalue weighted by Crippen LogP contribution is -2.42. The van der Waals surface area contributed by atoms with E-state index in [0.29, 0.717) is 5.92 Å². The Labute approximate surface area is 180 Å². The summed E-state index contributed by atoms with van der Waals surface area (Å²) in [6.07, 6.45) is 2.41. The molecule has 2 aromatic carbocycles. The van der Waals surface area contributed by atoms with Gasteiger partial charge in [-0.25, -0.2) is 0 Å². The van der Waals surface area contributed by atoms with Gasteiger partial charge in [-0.15, -0.1) is 0 Å². The second-order valence-corrected chi connectivity index (χ2v) is 7.72. The zero-order chi connectivity index (χ0) is 21.2. The van der Waals surface area contributed by atoms with Crippen LogP contribution in [0.15, 0.2) is 53.5 Å². The summed E-state index contributed by atoms with van der Waals surface area (Å²) in [4.78, 5) is 6.89. The van der Waals surface area contributed by atoms with Crippen LogP contribution in [-0.2, 0) is 13.1 Å². The first-order valence-corrected chi connectivity index (χ1v) is 10.6. The Morgan fingerprint density at radius 1 is 0.900 bits per heavy atom. The Morgan fingerprint density at radius 2 is 1.47 bits per heavy atom. The number of guanidine groups is 1. The van der Waals surface area contributed by atoms with Gasteiger partial charge in [-0.3, -0.25) is 9.89 Å². The van der Waals surface area contributed by atoms with E-state index in [4.69, 9.17) is 9.47 Å². The van der Waals surface area contributed by atoms with Crippen molar-refractivity contribution in [3.63, 3.8) is 0 Å². The Kier molecular flexibility index (Phi) is 8.39. The van der Waals surface area contributed by atoms with Crippen molar-refractivity contribution in [3.8, 4) is 11.5 Å². The summed E-state index contributed by atoms with van der Waals surface area (Å²) >= 11 is 0. The molecule has 3 rings (SSSR count). The number of aliphatic imine (C=N–C) groups is 1. The quantitative estimate of drug-likeness (QED) is 0.517. The zero-order valence-corrected chi connectivity index (χ0v) is 18.4. The first kappa shape index (κ1) is 22.0. The lowest BCUT2D eigenvalue weighted by Gasteiger charge is -2.32. The van der Waals surface area contributed by atoms with Gasteiger partial charge < -0.3 is 20.1 Å². The molecule has 1 fully saturated rings. The number of nitrogens with zero attached hydrogens (tertiary/aromatic N) is 2. The summed E-state index contributed by atoms with van der Waals surface area (Å²) in [5.74, 6) is 3.32. The fraction of sp³-hybridized carbons (Fsp3) is 0.458. The number of ether oxygens (including phenoxy) is 2. The van der Waals surface area contributed by atoms with Gasteiger partial charge in [-0.05, 0) is 67.2 Å². The summed E-state index contributed by atoms with van der Waals surface area (Å²) in [6, 6.07) is 16.5. The molecule has 0 atom stereocenters. The molecule has 0 spiro atoms. The minimum Gasteiger partial charge on any atom is -0.497 e. The van der Waals surface area contributed by atoms with Crippen molar-refractivity contribution in [2.24, 2.45) is 10.9 Å². The topological polar surface area (TPSA) is 58.1 Å². The average molecular weight is 411 g/mol. The number of nitrogens with one attached hydrogen (secondary N) is 2. The molecule has 1 saturated heterocycles. The van der Waals surface area contributed by atoms with Crippen LogP contribution in [0.2, 0.25) is 0 Å². The van der Waals surface area contributed by atoms with E-state index in [1.54, 1.807) is 14.2 Å². The van der Waals surface area contributed by atoms with Crippen molar-refractivity contribution in [1.29, 1.82) is 0 Å². The normalized spacial score (nSPS) is 15.6. The minimum atomic E-state index is 0.677. The molecule has 30 heavy (non-hydrogen) atoms. The number of hydrogen-bond donors (Lipinski definition) is 2. The van der Waals surface area contributed by atoms with E-state index in [1.807, 2.05) is 31.3 Å². The maximum absolute atomic E-state index is 5.24. The van der Waals surface area contributed by atoms with Gasteiger partial charge in [0.05, 0.1) is 14.2 Å². The van der Waals surface area contributed by atoms with Crippen LogP contribution in [0.1, 0.15) is 24.0 Å². The molecule has 0 unspecified atom stereocenters. The zero-order valence-electron chi connectivity index (χ0n) is 18.4. The lowest BCUT2D eigenvalue weighted by molar-refractivity contribution is 0.178. The van der Waals surface area contributed by atoms with Crippen LogP contribution in [0.3, 0.4) is 0 Å². The van der Waals surface area contributed by atoms with Crippen LogP contribution in [0.5, 0.6) is 11.5 Å². The predicted molar refractivity (Wildman–Crippen MR) is 122 cm³/mol. The number of rotatable bonds is 8. The smallest absolute Gasteiger partial charge is 0.191 e. The molecule has 6 nitrogen and oxygen atoms in total. The molecular formula is C24H34N4O2. The van der Waals surface area contributed by atoms with Crippen molar-refractivity contribution in [2.45, 2.75) is 25.9 Å². The van der Waals surface area contributed by atoms with Crippen LogP contribution in [0, 0.1) is 5.92 Å². The summed E-state index contributed by atoms with van der Waals surface area (Å²) < 4.78 is 10.4. The van der Waals surface area contributed by atoms with Crippen LogP contribution < -0.4 is 20.1 Å². The fourth-order valence-corrected chi connectivity index (χ4v) is 3.73. The molecule has 0 radical (unpaired) electrons. The maximum Gasteiger partial charge on any atom is 0.191 e. The molecular weight excluding hydrogens is 376 g/mol. The predicted octanol–water partition coefficient (Wildman–Crippen LogP) is 3.28. The number of likely N-dealkylation sites (tertiary alicyclic amines) is 1. The Hall–Kier alpha value is -2.73. The molecule has 162 valence electrons. The van der Waals surface area contributed by atoms with Crippen molar-refractivity contribution in [3.05, 3.63) is 59.7 Å². The fourth-order valence-electron chi connectivity index (χ4n) is 3.73. The second kappa shape index (κ2) is 11.5. The SMILES string of the molecule is CN=C(NCc1ccc(OC)cc1)NCC1CCN(Cc2ccc(OC)cc2)CC1. The van der Waals surface area contributed by atoms with Gasteiger partial charge in [0.25, 0.3) is 0 Å². The van der Waals surface area contributed by atoms with E-state index in [-0.39, 0.29) is 0 Å². The van der Waals surface area contributed by atoms with Gasteiger partial charge >= 0.3 is 0 Å². The monoisotopic (exact) mass is 410 g/mol. The van der Waals surface area contributed by atoms with Crippen LogP contribution in [0.4, 0.5) is 0 Å². The van der Waals surface area contributed by atoms with Crippen LogP contribution in [-0.4, -0.2) is 51.8 Å². The van der Waals surface area contributed by atoms with Gasteiger partial charge in [0.15, 0.2) is 5.96 Å². The molecule has 6 heteroatoms. The molecule has 1 heterocycles. The highest BCUT2D eigenvalue weighted by Gasteiger charge is 2.19. The van der Waals surface area contributed by atoms with Crippen LogP contribution >= 0.6 is 0 Å². The second-order valence-electron chi connectivity index (χ2n) is 7.72. The molecule has 1 aliphatic rings. The Bertz CT molecular complexity index is 782. The van der Waals surface area contributed by atoms with E-state index in [1.165, 1.54) is 24.0 Å². The van der Waals surface area contributed by atoms with Crippen molar-refractivity contribution < 1.29 is 9.47 Å². The molecule has 2 aromatic rings. The van der Waals surface area contributed by atoms with E-state index < -0.39 is 0 Å². The Morgan fingerprint density at radius 3 is 2.00 bits per heavy atom. The molecule has 1 aliphatic heterocycles. The Balaban J connectivity index is 1.36. The first-order chi connectivity index (χ1) is 14.7. The minimum absolute atomic E-state index is 0.677. The molecule has 0 aliphatic carbocycles.